The number of benzene rings is 3. The van der Waals surface area contributed by atoms with E-state index in [1.54, 1.807) is 72.8 Å². The molecule has 1 fully saturated rings. The summed E-state index contributed by atoms with van der Waals surface area (Å²) >= 11 is 0.825. The van der Waals surface area contributed by atoms with Crippen molar-refractivity contribution >= 4 is 40.6 Å². The molecule has 0 aromatic heterocycles. The third-order valence-electron chi connectivity index (χ3n) is 5.57. The lowest BCUT2D eigenvalue weighted by Crippen LogP contribution is -2.27. The second kappa shape index (κ2) is 12.0. The van der Waals surface area contributed by atoms with Crippen molar-refractivity contribution in [3.8, 4) is 23.3 Å². The summed E-state index contributed by atoms with van der Waals surface area (Å²) in [6, 6.07) is 20.9. The lowest BCUT2D eigenvalue weighted by Gasteiger charge is -2.13. The van der Waals surface area contributed by atoms with Crippen LogP contribution in [-0.4, -0.2) is 42.8 Å². The molecule has 3 aromatic carbocycles. The quantitative estimate of drug-likeness (QED) is 0.392. The number of ether oxygens (including phenoxy) is 3. The van der Waals surface area contributed by atoms with Gasteiger partial charge in [0.05, 0.1) is 43.0 Å². The fraction of sp³-hybridized carbons (Fsp3) is 0.143. The van der Waals surface area contributed by atoms with E-state index in [2.05, 4.69) is 11.4 Å². The van der Waals surface area contributed by atoms with Crippen LogP contribution in [0.2, 0.25) is 0 Å². The number of hydrogen-bond donors (Lipinski definition) is 1. The summed E-state index contributed by atoms with van der Waals surface area (Å²) in [7, 11) is 2.98. The van der Waals surface area contributed by atoms with Crippen LogP contribution in [-0.2, 0) is 16.1 Å². The number of thioether (sulfide) groups is 1. The first-order valence-corrected chi connectivity index (χ1v) is 12.2. The molecule has 38 heavy (non-hydrogen) atoms. The highest BCUT2D eigenvalue weighted by Crippen LogP contribution is 2.35. The van der Waals surface area contributed by atoms with Gasteiger partial charge in [-0.05, 0) is 59.3 Å². The second-order valence-electron chi connectivity index (χ2n) is 7.98. The van der Waals surface area contributed by atoms with E-state index in [0.29, 0.717) is 39.6 Å². The van der Waals surface area contributed by atoms with Crippen molar-refractivity contribution in [3.05, 3.63) is 88.3 Å². The molecule has 1 aliphatic heterocycles. The van der Waals surface area contributed by atoms with Gasteiger partial charge in [-0.2, -0.15) is 5.26 Å². The van der Waals surface area contributed by atoms with Crippen molar-refractivity contribution in [1.82, 2.24) is 4.90 Å². The predicted molar refractivity (Wildman–Crippen MR) is 143 cm³/mol. The molecule has 9 nitrogen and oxygen atoms in total. The van der Waals surface area contributed by atoms with Crippen LogP contribution in [0.5, 0.6) is 17.2 Å². The van der Waals surface area contributed by atoms with Gasteiger partial charge in [0.25, 0.3) is 17.1 Å². The normalized spacial score (nSPS) is 13.8. The van der Waals surface area contributed by atoms with E-state index in [4.69, 9.17) is 14.2 Å². The molecule has 1 heterocycles. The molecule has 10 heteroatoms. The molecule has 3 aromatic rings. The Bertz CT molecular complexity index is 1460. The largest absolute Gasteiger partial charge is 0.495 e. The smallest absolute Gasteiger partial charge is 0.293 e. The molecule has 1 aliphatic rings. The highest BCUT2D eigenvalue weighted by atomic mass is 32.2. The first-order valence-electron chi connectivity index (χ1n) is 11.4. The maximum absolute atomic E-state index is 12.9. The first kappa shape index (κ1) is 26.3. The third kappa shape index (κ3) is 5.96. The summed E-state index contributed by atoms with van der Waals surface area (Å²) < 4.78 is 16.3. The molecule has 0 unspecified atom stereocenters. The van der Waals surface area contributed by atoms with Crippen molar-refractivity contribution in [2.75, 3.05) is 26.1 Å². The number of amides is 3. The van der Waals surface area contributed by atoms with Gasteiger partial charge in [-0.3, -0.25) is 19.3 Å². The lowest BCUT2D eigenvalue weighted by molar-refractivity contribution is -0.123. The van der Waals surface area contributed by atoms with Crippen molar-refractivity contribution in [2.24, 2.45) is 0 Å². The Labute approximate surface area is 223 Å². The number of nitrogens with zero attached hydrogens (tertiary/aromatic N) is 2. The zero-order chi connectivity index (χ0) is 27.1. The van der Waals surface area contributed by atoms with E-state index < -0.39 is 11.1 Å². The Kier molecular flexibility index (Phi) is 8.30. The van der Waals surface area contributed by atoms with Gasteiger partial charge in [-0.1, -0.05) is 36.4 Å². The van der Waals surface area contributed by atoms with Crippen LogP contribution in [0.1, 0.15) is 16.7 Å². The molecule has 0 saturated carbocycles. The van der Waals surface area contributed by atoms with Crippen molar-refractivity contribution in [3.63, 3.8) is 0 Å². The number of hydrogen-bond acceptors (Lipinski definition) is 8. The van der Waals surface area contributed by atoms with Gasteiger partial charge in [0, 0.05) is 0 Å². The zero-order valence-electron chi connectivity index (χ0n) is 20.6. The minimum absolute atomic E-state index is 0.0127. The number of carbonyl (C=O) groups excluding carboxylic acids is 3. The van der Waals surface area contributed by atoms with Crippen molar-refractivity contribution in [1.29, 1.82) is 5.26 Å². The Morgan fingerprint density at radius 1 is 1.00 bits per heavy atom. The molecule has 0 aliphatic carbocycles. The molecular formula is C28H23N3O6S. The first-order chi connectivity index (χ1) is 18.4. The number of nitriles is 1. The molecular weight excluding hydrogens is 506 g/mol. The fourth-order valence-corrected chi connectivity index (χ4v) is 4.53. The standard InChI is InChI=1S/C28H23N3O6S/c1-35-22-10-6-5-9-21(22)30-26(32)17-37-23-12-11-18(13-24(23)36-2)14-25-27(33)31(28(34)38-25)16-20-8-4-3-7-19(20)15-29/h3-14H,16-17H2,1-2H3,(H,30,32)/b25-14-. The number of anilines is 1. The van der Waals surface area contributed by atoms with Crippen LogP contribution in [0.4, 0.5) is 10.5 Å². The highest BCUT2D eigenvalue weighted by Gasteiger charge is 2.35. The van der Waals surface area contributed by atoms with Gasteiger partial charge in [0.2, 0.25) is 0 Å². The molecule has 0 bridgehead atoms. The topological polar surface area (TPSA) is 118 Å². The van der Waals surface area contributed by atoms with Crippen LogP contribution in [0.15, 0.2) is 71.6 Å². The fourth-order valence-electron chi connectivity index (χ4n) is 3.70. The number of para-hydroxylation sites is 2. The molecule has 192 valence electrons. The SMILES string of the molecule is COc1ccccc1NC(=O)COc1ccc(/C=C2\SC(=O)N(Cc3ccccc3C#N)C2=O)cc1OC. The summed E-state index contributed by atoms with van der Waals surface area (Å²) in [6.45, 7) is -0.254. The molecule has 3 amide bonds. The van der Waals surface area contributed by atoms with E-state index in [1.807, 2.05) is 0 Å². The van der Waals surface area contributed by atoms with Crippen LogP contribution in [0.25, 0.3) is 6.08 Å². The third-order valence-corrected chi connectivity index (χ3v) is 6.47. The number of methoxy groups -OCH3 is 2. The van der Waals surface area contributed by atoms with Gasteiger partial charge in [-0.15, -0.1) is 0 Å². The summed E-state index contributed by atoms with van der Waals surface area (Å²) in [5, 5.41) is 11.6. The second-order valence-corrected chi connectivity index (χ2v) is 8.98. The summed E-state index contributed by atoms with van der Waals surface area (Å²) in [5.74, 6) is 0.390. The summed E-state index contributed by atoms with van der Waals surface area (Å²) in [5.41, 5.74) is 2.13. The Hall–Kier alpha value is -4.75. The van der Waals surface area contributed by atoms with Gasteiger partial charge in [-0.25, -0.2) is 0 Å². The monoisotopic (exact) mass is 529 g/mol. The average Bonchev–Trinajstić information content (AvgIpc) is 3.20. The van der Waals surface area contributed by atoms with Crippen molar-refractivity contribution in [2.45, 2.75) is 6.54 Å². The van der Waals surface area contributed by atoms with Crippen LogP contribution >= 0.6 is 11.8 Å². The highest BCUT2D eigenvalue weighted by molar-refractivity contribution is 8.18. The van der Waals surface area contributed by atoms with E-state index in [0.717, 1.165) is 16.7 Å². The molecule has 0 spiro atoms. The molecule has 4 rings (SSSR count). The van der Waals surface area contributed by atoms with E-state index >= 15 is 0 Å². The number of imide groups is 1. The van der Waals surface area contributed by atoms with Gasteiger partial charge >= 0.3 is 0 Å². The minimum atomic E-state index is -0.444. The minimum Gasteiger partial charge on any atom is -0.495 e. The predicted octanol–water partition coefficient (Wildman–Crippen LogP) is 4.83. The Morgan fingerprint density at radius 2 is 1.74 bits per heavy atom. The number of nitrogens with one attached hydrogen (secondary N) is 1. The van der Waals surface area contributed by atoms with Crippen LogP contribution in [0, 0.1) is 11.3 Å². The van der Waals surface area contributed by atoms with Crippen molar-refractivity contribution < 1.29 is 28.6 Å². The average molecular weight is 530 g/mol. The number of rotatable bonds is 9. The maximum Gasteiger partial charge on any atom is 0.293 e. The molecule has 1 N–H and O–H groups in total. The molecule has 0 atom stereocenters. The van der Waals surface area contributed by atoms with Crippen LogP contribution in [0.3, 0.4) is 0 Å². The van der Waals surface area contributed by atoms with E-state index in [-0.39, 0.29) is 24.0 Å². The molecule has 1 saturated heterocycles. The van der Waals surface area contributed by atoms with Gasteiger partial charge < -0.3 is 19.5 Å². The summed E-state index contributed by atoms with van der Waals surface area (Å²) in [4.78, 5) is 39.2. The van der Waals surface area contributed by atoms with Gasteiger partial charge in [0.1, 0.15) is 5.75 Å². The van der Waals surface area contributed by atoms with E-state index in [1.165, 1.54) is 14.2 Å². The summed E-state index contributed by atoms with van der Waals surface area (Å²) in [6.07, 6.45) is 1.59. The van der Waals surface area contributed by atoms with E-state index in [9.17, 15) is 19.6 Å². The zero-order valence-corrected chi connectivity index (χ0v) is 21.4. The van der Waals surface area contributed by atoms with Crippen LogP contribution < -0.4 is 19.5 Å². The number of carbonyl (C=O) groups is 3. The maximum atomic E-state index is 12.9. The Balaban J connectivity index is 1.44. The lowest BCUT2D eigenvalue weighted by atomic mass is 10.1. The van der Waals surface area contributed by atoms with Gasteiger partial charge in [0.15, 0.2) is 18.1 Å². The molecule has 0 radical (unpaired) electrons. The Morgan fingerprint density at radius 3 is 2.50 bits per heavy atom.